The van der Waals surface area contributed by atoms with E-state index in [2.05, 4.69) is 53.8 Å². The predicted octanol–water partition coefficient (Wildman–Crippen LogP) is 4.29. The normalized spacial score (nSPS) is 14.0. The minimum absolute atomic E-state index is 0.757. The Labute approximate surface area is 177 Å². The first-order valence-corrected chi connectivity index (χ1v) is 10.7. The van der Waals surface area contributed by atoms with E-state index in [0.717, 1.165) is 58.0 Å². The van der Waals surface area contributed by atoms with Crippen LogP contribution in [0, 0.1) is 0 Å². The topological polar surface area (TPSA) is 52.4 Å². The van der Waals surface area contributed by atoms with Crippen molar-refractivity contribution in [2.75, 3.05) is 26.6 Å². The zero-order valence-corrected chi connectivity index (χ0v) is 18.2. The van der Waals surface area contributed by atoms with Crippen LogP contribution in [0.4, 0.5) is 0 Å². The van der Waals surface area contributed by atoms with Gasteiger partial charge in [0.2, 0.25) is 0 Å². The van der Waals surface area contributed by atoms with Gasteiger partial charge in [0.25, 0.3) is 0 Å². The lowest BCUT2D eigenvalue weighted by atomic mass is 10.1. The lowest BCUT2D eigenvalue weighted by Crippen LogP contribution is -2.32. The first kappa shape index (κ1) is 19.3. The number of ether oxygens (including phenoxy) is 2. The number of methoxy groups -OCH3 is 2. The molecule has 0 spiro atoms. The first-order valence-electron chi connectivity index (χ1n) is 8.93. The quantitative estimate of drug-likeness (QED) is 0.546. The molecule has 0 saturated heterocycles. The van der Waals surface area contributed by atoms with Crippen LogP contribution < -0.4 is 9.47 Å². The van der Waals surface area contributed by atoms with Crippen LogP contribution in [-0.2, 0) is 13.1 Å². The van der Waals surface area contributed by atoms with E-state index in [-0.39, 0.29) is 0 Å². The molecular weight excluding hydrogens is 440 g/mol. The van der Waals surface area contributed by atoms with E-state index >= 15 is 0 Å². The van der Waals surface area contributed by atoms with Gasteiger partial charge in [-0.3, -0.25) is 9.47 Å². The van der Waals surface area contributed by atoms with Gasteiger partial charge in [-0.25, -0.2) is 0 Å². The average Bonchev–Trinajstić information content (AvgIpc) is 3.15. The SMILES string of the molecule is COc1ccc(CCN2CSc3nnc(-c4cccc(Br)c4)n3C2)cc1OC. The number of benzene rings is 2. The molecule has 2 aromatic carbocycles. The van der Waals surface area contributed by atoms with Crippen LogP contribution in [0.25, 0.3) is 11.4 Å². The average molecular weight is 461 g/mol. The van der Waals surface area contributed by atoms with Crippen molar-refractivity contribution >= 4 is 27.7 Å². The van der Waals surface area contributed by atoms with Crippen LogP contribution in [0.5, 0.6) is 11.5 Å². The van der Waals surface area contributed by atoms with Gasteiger partial charge >= 0.3 is 0 Å². The molecule has 28 heavy (non-hydrogen) atoms. The zero-order chi connectivity index (χ0) is 19.5. The van der Waals surface area contributed by atoms with Crippen molar-refractivity contribution < 1.29 is 9.47 Å². The largest absolute Gasteiger partial charge is 0.493 e. The summed E-state index contributed by atoms with van der Waals surface area (Å²) in [6, 6.07) is 14.3. The van der Waals surface area contributed by atoms with E-state index in [9.17, 15) is 0 Å². The molecule has 0 radical (unpaired) electrons. The van der Waals surface area contributed by atoms with Gasteiger partial charge < -0.3 is 9.47 Å². The Morgan fingerprint density at radius 2 is 1.93 bits per heavy atom. The molecule has 3 aromatic rings. The lowest BCUT2D eigenvalue weighted by Gasteiger charge is -2.27. The fourth-order valence-electron chi connectivity index (χ4n) is 3.21. The molecule has 0 aliphatic carbocycles. The molecule has 4 rings (SSSR count). The second-order valence-electron chi connectivity index (χ2n) is 6.49. The Kier molecular flexibility index (Phi) is 5.89. The number of hydrogen-bond acceptors (Lipinski definition) is 6. The molecule has 0 fully saturated rings. The van der Waals surface area contributed by atoms with Crippen LogP contribution in [0.2, 0.25) is 0 Å². The van der Waals surface area contributed by atoms with Crippen molar-refractivity contribution in [3.8, 4) is 22.9 Å². The minimum atomic E-state index is 0.757. The van der Waals surface area contributed by atoms with Gasteiger partial charge in [-0.15, -0.1) is 10.2 Å². The Morgan fingerprint density at radius 1 is 1.07 bits per heavy atom. The van der Waals surface area contributed by atoms with Gasteiger partial charge in [0.05, 0.1) is 26.8 Å². The van der Waals surface area contributed by atoms with Gasteiger partial charge in [0.15, 0.2) is 22.5 Å². The molecule has 0 amide bonds. The highest BCUT2D eigenvalue weighted by Crippen LogP contribution is 2.31. The van der Waals surface area contributed by atoms with E-state index < -0.39 is 0 Å². The Hall–Kier alpha value is -2.03. The highest BCUT2D eigenvalue weighted by molar-refractivity contribution is 9.10. The van der Waals surface area contributed by atoms with Crippen molar-refractivity contribution in [2.45, 2.75) is 18.2 Å². The van der Waals surface area contributed by atoms with Gasteiger partial charge in [0.1, 0.15) is 0 Å². The zero-order valence-electron chi connectivity index (χ0n) is 15.8. The highest BCUT2D eigenvalue weighted by atomic mass is 79.9. The van der Waals surface area contributed by atoms with Crippen LogP contribution in [0.15, 0.2) is 52.1 Å². The van der Waals surface area contributed by atoms with Gasteiger partial charge in [0, 0.05) is 16.6 Å². The Bertz CT molecular complexity index is 979. The van der Waals surface area contributed by atoms with Crippen LogP contribution in [0.1, 0.15) is 5.56 Å². The first-order chi connectivity index (χ1) is 13.7. The van der Waals surface area contributed by atoms with Crippen molar-refractivity contribution in [1.29, 1.82) is 0 Å². The van der Waals surface area contributed by atoms with Crippen molar-refractivity contribution in [1.82, 2.24) is 19.7 Å². The van der Waals surface area contributed by atoms with Crippen molar-refractivity contribution in [3.63, 3.8) is 0 Å². The fraction of sp³-hybridized carbons (Fsp3) is 0.300. The summed E-state index contributed by atoms with van der Waals surface area (Å²) in [4.78, 5) is 2.40. The molecule has 0 bridgehead atoms. The maximum Gasteiger partial charge on any atom is 0.193 e. The Balaban J connectivity index is 1.47. The highest BCUT2D eigenvalue weighted by Gasteiger charge is 2.22. The monoisotopic (exact) mass is 460 g/mol. The molecule has 1 aromatic heterocycles. The molecule has 0 saturated carbocycles. The summed E-state index contributed by atoms with van der Waals surface area (Å²) in [5, 5.41) is 9.75. The second-order valence-corrected chi connectivity index (χ2v) is 8.32. The predicted molar refractivity (Wildman–Crippen MR) is 114 cm³/mol. The summed E-state index contributed by atoms with van der Waals surface area (Å²) in [6.07, 6.45) is 0.935. The summed E-state index contributed by atoms with van der Waals surface area (Å²) < 4.78 is 14.0. The van der Waals surface area contributed by atoms with E-state index in [1.165, 1.54) is 5.56 Å². The summed E-state index contributed by atoms with van der Waals surface area (Å²) in [6.45, 7) is 1.72. The number of halogens is 1. The lowest BCUT2D eigenvalue weighted by molar-refractivity contribution is 0.242. The van der Waals surface area contributed by atoms with E-state index in [0.29, 0.717) is 0 Å². The van der Waals surface area contributed by atoms with Crippen LogP contribution in [-0.4, -0.2) is 46.3 Å². The van der Waals surface area contributed by atoms with Crippen LogP contribution >= 0.6 is 27.7 Å². The van der Waals surface area contributed by atoms with Gasteiger partial charge in [-0.2, -0.15) is 0 Å². The number of hydrogen-bond donors (Lipinski definition) is 0. The molecule has 1 aliphatic heterocycles. The summed E-state index contributed by atoms with van der Waals surface area (Å²) in [5.74, 6) is 3.34. The van der Waals surface area contributed by atoms with E-state index in [1.807, 2.05) is 24.3 Å². The molecule has 0 N–H and O–H groups in total. The van der Waals surface area contributed by atoms with E-state index in [4.69, 9.17) is 9.47 Å². The molecule has 8 heteroatoms. The van der Waals surface area contributed by atoms with Crippen LogP contribution in [0.3, 0.4) is 0 Å². The molecule has 2 heterocycles. The maximum atomic E-state index is 5.41. The molecular formula is C20H21BrN4O2S. The fourth-order valence-corrected chi connectivity index (χ4v) is 4.52. The van der Waals surface area contributed by atoms with Gasteiger partial charge in [-0.1, -0.05) is 45.9 Å². The smallest absolute Gasteiger partial charge is 0.193 e. The summed E-state index contributed by atoms with van der Waals surface area (Å²) in [5.41, 5.74) is 2.29. The summed E-state index contributed by atoms with van der Waals surface area (Å²) >= 11 is 5.26. The van der Waals surface area contributed by atoms with Crippen molar-refractivity contribution in [3.05, 3.63) is 52.5 Å². The second kappa shape index (κ2) is 8.55. The summed E-state index contributed by atoms with van der Waals surface area (Å²) in [7, 11) is 3.32. The number of rotatable bonds is 6. The molecule has 6 nitrogen and oxygen atoms in total. The third-order valence-corrected chi connectivity index (χ3v) is 6.23. The Morgan fingerprint density at radius 3 is 2.71 bits per heavy atom. The number of fused-ring (bicyclic) bond motifs is 1. The van der Waals surface area contributed by atoms with Crippen molar-refractivity contribution in [2.24, 2.45) is 0 Å². The number of thioether (sulfide) groups is 1. The molecule has 0 unspecified atom stereocenters. The minimum Gasteiger partial charge on any atom is -0.493 e. The molecule has 146 valence electrons. The number of nitrogens with zero attached hydrogens (tertiary/aromatic N) is 4. The number of aromatic nitrogens is 3. The molecule has 1 aliphatic rings. The third kappa shape index (κ3) is 4.04. The van der Waals surface area contributed by atoms with Gasteiger partial charge in [-0.05, 0) is 36.2 Å². The molecule has 0 atom stereocenters. The maximum absolute atomic E-state index is 5.41. The third-order valence-electron chi connectivity index (χ3n) is 4.68. The standard InChI is InChI=1S/C20H21BrN4O2S/c1-26-17-7-6-14(10-18(17)27-2)8-9-24-12-25-19(22-23-20(25)28-13-24)15-4-3-5-16(21)11-15/h3-7,10-11H,8-9,12-13H2,1-2H3. The van der Waals surface area contributed by atoms with E-state index in [1.54, 1.807) is 26.0 Å².